The Morgan fingerprint density at radius 1 is 1.15 bits per heavy atom. The van der Waals surface area contributed by atoms with Crippen molar-refractivity contribution >= 4 is 11.1 Å². The van der Waals surface area contributed by atoms with E-state index in [0.29, 0.717) is 12.2 Å². The Morgan fingerprint density at radius 3 is 2.76 bits per heavy atom. The number of aromatic nitrogens is 1. The number of phenolic OH excluding ortho intramolecular Hbond substituents is 1. The van der Waals surface area contributed by atoms with Gasteiger partial charge in [-0.1, -0.05) is 23.4 Å². The third-order valence-corrected chi connectivity index (χ3v) is 6.89. The summed E-state index contributed by atoms with van der Waals surface area (Å²) in [6, 6.07) is 14.0. The number of aromatic hydroxyl groups is 1. The number of rotatable bonds is 7. The van der Waals surface area contributed by atoms with Crippen molar-refractivity contribution < 1.29 is 18.8 Å². The van der Waals surface area contributed by atoms with Crippen LogP contribution in [0.1, 0.15) is 53.7 Å². The number of halogens is 1. The highest BCUT2D eigenvalue weighted by molar-refractivity contribution is 6.00. The molecule has 1 atom stereocenters. The van der Waals surface area contributed by atoms with Gasteiger partial charge in [-0.2, -0.15) is 0 Å². The number of ether oxygens (including phenoxy) is 1. The molecule has 1 fully saturated rings. The van der Waals surface area contributed by atoms with Crippen molar-refractivity contribution in [3.05, 3.63) is 76.7 Å². The predicted octanol–water partition coefficient (Wildman–Crippen LogP) is 5.80. The Morgan fingerprint density at radius 2 is 2.00 bits per heavy atom. The highest BCUT2D eigenvalue weighted by Gasteiger charge is 2.25. The van der Waals surface area contributed by atoms with Crippen LogP contribution in [0.15, 0.2) is 53.2 Å². The molecule has 5 rings (SSSR count). The average Bonchev–Trinajstić information content (AvgIpc) is 3.42. The number of fused-ring (bicyclic) bond motifs is 1. The largest absolute Gasteiger partial charge is 0.508 e. The lowest BCUT2D eigenvalue weighted by Gasteiger charge is -2.18. The van der Waals surface area contributed by atoms with Crippen LogP contribution in [-0.2, 0) is 6.42 Å². The Balaban J connectivity index is 1.45. The molecule has 178 valence electrons. The van der Waals surface area contributed by atoms with Gasteiger partial charge in [0.25, 0.3) is 0 Å². The molecule has 0 spiro atoms. The van der Waals surface area contributed by atoms with Gasteiger partial charge in [0.1, 0.15) is 23.4 Å². The molecular weight excluding hydrogens is 431 g/mol. The molecule has 0 bridgehead atoms. The Kier molecular flexibility index (Phi) is 6.68. The van der Waals surface area contributed by atoms with E-state index in [1.165, 1.54) is 5.57 Å². The topological polar surface area (TPSA) is 58.7 Å². The zero-order valence-corrected chi connectivity index (χ0v) is 19.6. The monoisotopic (exact) mass is 462 g/mol. The molecule has 0 radical (unpaired) electrons. The van der Waals surface area contributed by atoms with Gasteiger partial charge in [-0.15, -0.1) is 0 Å². The summed E-state index contributed by atoms with van der Waals surface area (Å²) in [5, 5.41) is 14.1. The summed E-state index contributed by atoms with van der Waals surface area (Å²) in [7, 11) is 0. The van der Waals surface area contributed by atoms with Crippen molar-refractivity contribution in [2.75, 3.05) is 26.3 Å². The number of nitrogens with zero attached hydrogens (tertiary/aromatic N) is 2. The average molecular weight is 463 g/mol. The number of hydrogen-bond acceptors (Lipinski definition) is 5. The first-order chi connectivity index (χ1) is 16.6. The summed E-state index contributed by atoms with van der Waals surface area (Å²) in [5.41, 5.74) is 6.81. The fourth-order valence-electron chi connectivity index (χ4n) is 5.23. The maximum Gasteiger partial charge on any atom is 0.141 e. The molecule has 1 saturated heterocycles. The third-order valence-electron chi connectivity index (χ3n) is 6.89. The number of benzene rings is 2. The van der Waals surface area contributed by atoms with Gasteiger partial charge in [-0.25, -0.2) is 0 Å². The summed E-state index contributed by atoms with van der Waals surface area (Å²) in [4.78, 5) is 2.27. The maximum atomic E-state index is 12.5. The van der Waals surface area contributed by atoms with Crippen molar-refractivity contribution in [3.8, 4) is 11.5 Å². The van der Waals surface area contributed by atoms with Crippen molar-refractivity contribution in [3.63, 3.8) is 0 Å². The highest BCUT2D eigenvalue weighted by Crippen LogP contribution is 2.41. The second-order valence-corrected chi connectivity index (χ2v) is 9.24. The van der Waals surface area contributed by atoms with E-state index < -0.39 is 0 Å². The van der Waals surface area contributed by atoms with E-state index in [4.69, 9.17) is 9.26 Å². The number of hydrogen-bond donors (Lipinski definition) is 1. The number of allylic oxidation sites excluding steroid dienone is 1. The van der Waals surface area contributed by atoms with Gasteiger partial charge < -0.3 is 14.4 Å². The molecule has 5 nitrogen and oxygen atoms in total. The molecule has 0 saturated carbocycles. The molecule has 1 aliphatic heterocycles. The number of phenols is 1. The van der Waals surface area contributed by atoms with Gasteiger partial charge in [-0.3, -0.25) is 9.29 Å². The fraction of sp³-hybridized carbons (Fsp3) is 0.393. The molecular formula is C28H31FN2O3. The Labute approximate surface area is 199 Å². The van der Waals surface area contributed by atoms with Crippen molar-refractivity contribution in [1.29, 1.82) is 0 Å². The molecule has 0 unspecified atom stereocenters. The maximum absolute atomic E-state index is 12.5. The molecule has 2 heterocycles. The van der Waals surface area contributed by atoms with E-state index in [1.807, 2.05) is 37.4 Å². The zero-order chi connectivity index (χ0) is 23.5. The smallest absolute Gasteiger partial charge is 0.141 e. The summed E-state index contributed by atoms with van der Waals surface area (Å²) >= 11 is 0. The molecule has 34 heavy (non-hydrogen) atoms. The SMILES string of the molecule is Cc1oncc1C1=C(c2ccc(O[C@H]3CCN(CCCF)C3)cc2)c2ccc(O)cc2CCC1. The molecule has 1 aliphatic carbocycles. The molecule has 6 heteroatoms. The van der Waals surface area contributed by atoms with E-state index in [-0.39, 0.29) is 12.8 Å². The van der Waals surface area contributed by atoms with Gasteiger partial charge in [0.15, 0.2) is 0 Å². The molecule has 1 N–H and O–H groups in total. The second kappa shape index (κ2) is 10.0. The third kappa shape index (κ3) is 4.73. The van der Waals surface area contributed by atoms with Crippen LogP contribution < -0.4 is 4.74 Å². The van der Waals surface area contributed by atoms with E-state index >= 15 is 0 Å². The Bertz CT molecular complexity index is 1170. The lowest BCUT2D eigenvalue weighted by atomic mass is 9.88. The quantitative estimate of drug-likeness (QED) is 0.481. The van der Waals surface area contributed by atoms with E-state index in [2.05, 4.69) is 22.2 Å². The molecule has 2 aliphatic rings. The molecule has 1 aromatic heterocycles. The first-order valence-electron chi connectivity index (χ1n) is 12.1. The van der Waals surface area contributed by atoms with Crippen LogP contribution in [0.5, 0.6) is 11.5 Å². The first-order valence-corrected chi connectivity index (χ1v) is 12.1. The van der Waals surface area contributed by atoms with Crippen molar-refractivity contribution in [2.45, 2.75) is 45.1 Å². The summed E-state index contributed by atoms with van der Waals surface area (Å²) in [6.45, 7) is 4.29. The van der Waals surface area contributed by atoms with Gasteiger partial charge >= 0.3 is 0 Å². The number of aryl methyl sites for hydroxylation is 2. The van der Waals surface area contributed by atoms with Crippen LogP contribution in [0, 0.1) is 6.92 Å². The zero-order valence-electron chi connectivity index (χ0n) is 19.6. The van der Waals surface area contributed by atoms with Crippen molar-refractivity contribution in [1.82, 2.24) is 10.1 Å². The first kappa shape index (κ1) is 22.7. The Hall–Kier alpha value is -3.12. The van der Waals surface area contributed by atoms with Crippen molar-refractivity contribution in [2.24, 2.45) is 0 Å². The lowest BCUT2D eigenvalue weighted by Crippen LogP contribution is -2.26. The van der Waals surface area contributed by atoms with Crippen LogP contribution >= 0.6 is 0 Å². The van der Waals surface area contributed by atoms with E-state index in [0.717, 1.165) is 84.7 Å². The normalized spacial score (nSPS) is 18.7. The number of likely N-dealkylation sites (tertiary alicyclic amines) is 1. The van der Waals surface area contributed by atoms with Crippen LogP contribution in [0.25, 0.3) is 11.1 Å². The summed E-state index contributed by atoms with van der Waals surface area (Å²) in [6.07, 6.45) is 6.30. The minimum atomic E-state index is -0.265. The standard InChI is InChI=1S/C28H31FN2O3/c1-19-27(17-30-34-19)26-5-2-4-21-16-22(32)8-11-25(21)28(26)20-6-9-23(10-7-20)33-24-12-15-31(18-24)14-3-13-29/h6-11,16-17,24,32H,2-5,12-15,18H2,1H3/t24-/m0/s1. The number of alkyl halides is 1. The fourth-order valence-corrected chi connectivity index (χ4v) is 5.23. The minimum Gasteiger partial charge on any atom is -0.508 e. The molecule has 3 aromatic rings. The minimum absolute atomic E-state index is 0.140. The van der Waals surface area contributed by atoms with Gasteiger partial charge in [0, 0.05) is 25.2 Å². The van der Waals surface area contributed by atoms with Gasteiger partial charge in [0.05, 0.1) is 12.9 Å². The second-order valence-electron chi connectivity index (χ2n) is 9.24. The summed E-state index contributed by atoms with van der Waals surface area (Å²) in [5.74, 6) is 1.96. The molecule has 0 amide bonds. The van der Waals surface area contributed by atoms with Crippen LogP contribution in [0.3, 0.4) is 0 Å². The van der Waals surface area contributed by atoms with Crippen LogP contribution in [0.2, 0.25) is 0 Å². The van der Waals surface area contributed by atoms with Crippen LogP contribution in [0.4, 0.5) is 4.39 Å². The summed E-state index contributed by atoms with van der Waals surface area (Å²) < 4.78 is 24.1. The predicted molar refractivity (Wildman–Crippen MR) is 131 cm³/mol. The highest BCUT2D eigenvalue weighted by atomic mass is 19.1. The lowest BCUT2D eigenvalue weighted by molar-refractivity contribution is 0.198. The van der Waals surface area contributed by atoms with E-state index in [1.54, 1.807) is 6.07 Å². The van der Waals surface area contributed by atoms with Gasteiger partial charge in [-0.05, 0) is 91.1 Å². The van der Waals surface area contributed by atoms with E-state index in [9.17, 15) is 9.50 Å². The van der Waals surface area contributed by atoms with Crippen LogP contribution in [-0.4, -0.2) is 47.6 Å². The molecule has 2 aromatic carbocycles. The van der Waals surface area contributed by atoms with Gasteiger partial charge in [0.2, 0.25) is 0 Å².